The maximum Gasteiger partial charge on any atom is 0.341 e. The number of ketones is 1. The van der Waals surface area contributed by atoms with Crippen LogP contribution in [0.25, 0.3) is 0 Å². The van der Waals surface area contributed by atoms with Crippen LogP contribution in [0.3, 0.4) is 0 Å². The zero-order valence-electron chi connectivity index (χ0n) is 11.9. The van der Waals surface area contributed by atoms with Crippen LogP contribution in [-0.4, -0.2) is 42.7 Å². The number of aromatic nitrogens is 1. The van der Waals surface area contributed by atoms with Gasteiger partial charge in [-0.25, -0.2) is 4.98 Å². The van der Waals surface area contributed by atoms with Gasteiger partial charge in [-0.15, -0.1) is 11.3 Å². The Kier molecular flexibility index (Phi) is 7.74. The zero-order chi connectivity index (χ0) is 15.7. The van der Waals surface area contributed by atoms with Gasteiger partial charge in [-0.3, -0.25) is 14.2 Å². The van der Waals surface area contributed by atoms with Gasteiger partial charge in [0.2, 0.25) is 0 Å². The molecule has 1 aromatic rings. The molecule has 1 heterocycles. The molecule has 7 nitrogen and oxygen atoms in total. The molecule has 9 heteroatoms. The van der Waals surface area contributed by atoms with Crippen LogP contribution in [-0.2, 0) is 23.1 Å². The number of ether oxygens (including phenoxy) is 1. The van der Waals surface area contributed by atoms with Gasteiger partial charge in [0, 0.05) is 18.0 Å². The van der Waals surface area contributed by atoms with Crippen LogP contribution in [0.4, 0.5) is 0 Å². The predicted molar refractivity (Wildman–Crippen MR) is 77.7 cm³/mol. The highest BCUT2D eigenvalue weighted by Gasteiger charge is 2.29. The SMILES string of the molecule is CCOC(=O)CP(=O)(OCC)OCCC(=O)c1nccs1. The highest BCUT2D eigenvalue weighted by atomic mass is 32.1. The third-order valence-electron chi connectivity index (χ3n) is 2.24. The second-order valence-electron chi connectivity index (χ2n) is 3.84. The molecule has 21 heavy (non-hydrogen) atoms. The molecular weight excluding hydrogens is 317 g/mol. The van der Waals surface area contributed by atoms with Crippen molar-refractivity contribution in [3.63, 3.8) is 0 Å². The van der Waals surface area contributed by atoms with E-state index in [0.29, 0.717) is 5.01 Å². The molecule has 1 atom stereocenters. The second-order valence-corrected chi connectivity index (χ2v) is 6.78. The Morgan fingerprint density at radius 3 is 2.62 bits per heavy atom. The summed E-state index contributed by atoms with van der Waals surface area (Å²) in [6.45, 7) is 3.51. The highest BCUT2D eigenvalue weighted by molar-refractivity contribution is 7.54. The third kappa shape index (κ3) is 6.48. The Labute approximate surface area is 127 Å². The van der Waals surface area contributed by atoms with E-state index in [1.54, 1.807) is 19.2 Å². The quantitative estimate of drug-likeness (QED) is 0.368. The molecule has 0 saturated carbocycles. The van der Waals surface area contributed by atoms with E-state index in [1.807, 2.05) is 0 Å². The lowest BCUT2D eigenvalue weighted by Crippen LogP contribution is -2.14. The number of nitrogens with zero attached hydrogens (tertiary/aromatic N) is 1. The van der Waals surface area contributed by atoms with Crippen LogP contribution >= 0.6 is 18.9 Å². The van der Waals surface area contributed by atoms with Gasteiger partial charge in [-0.05, 0) is 13.8 Å². The van der Waals surface area contributed by atoms with Gasteiger partial charge in [0.1, 0.15) is 6.16 Å². The molecule has 0 amide bonds. The minimum absolute atomic E-state index is 0.0212. The summed E-state index contributed by atoms with van der Waals surface area (Å²) >= 11 is 1.23. The summed E-state index contributed by atoms with van der Waals surface area (Å²) in [5, 5.41) is 2.06. The zero-order valence-corrected chi connectivity index (χ0v) is 13.7. The Bertz CT molecular complexity index is 504. The number of hydrogen-bond acceptors (Lipinski definition) is 8. The lowest BCUT2D eigenvalue weighted by molar-refractivity contribution is -0.140. The summed E-state index contributed by atoms with van der Waals surface area (Å²) in [6.07, 6.45) is 1.10. The fraction of sp³-hybridized carbons (Fsp3) is 0.583. The summed E-state index contributed by atoms with van der Waals surface area (Å²) in [5.74, 6) is -0.857. The van der Waals surface area contributed by atoms with Crippen molar-refractivity contribution >= 4 is 30.7 Å². The number of Topliss-reactive ketones (excluding diaryl/α,β-unsaturated/α-hetero) is 1. The van der Waals surface area contributed by atoms with Gasteiger partial charge < -0.3 is 13.8 Å². The number of carbonyl (C=O) groups excluding carboxylic acids is 2. The van der Waals surface area contributed by atoms with Crippen LogP contribution in [0.15, 0.2) is 11.6 Å². The minimum Gasteiger partial charge on any atom is -0.466 e. The van der Waals surface area contributed by atoms with Crippen molar-refractivity contribution in [1.29, 1.82) is 0 Å². The maximum absolute atomic E-state index is 12.3. The van der Waals surface area contributed by atoms with Crippen LogP contribution < -0.4 is 0 Å². The van der Waals surface area contributed by atoms with Crippen LogP contribution in [0.1, 0.15) is 30.1 Å². The minimum atomic E-state index is -3.58. The van der Waals surface area contributed by atoms with Gasteiger partial charge >= 0.3 is 13.6 Å². The molecule has 1 aromatic heterocycles. The summed E-state index contributed by atoms with van der Waals surface area (Å²) in [7, 11) is -3.58. The van der Waals surface area contributed by atoms with E-state index in [4.69, 9.17) is 13.8 Å². The monoisotopic (exact) mass is 335 g/mol. The van der Waals surface area contributed by atoms with Crippen molar-refractivity contribution in [1.82, 2.24) is 4.98 Å². The molecule has 0 saturated heterocycles. The normalized spacial score (nSPS) is 13.6. The van der Waals surface area contributed by atoms with E-state index in [9.17, 15) is 14.2 Å². The van der Waals surface area contributed by atoms with Gasteiger partial charge in [-0.2, -0.15) is 0 Å². The Morgan fingerprint density at radius 1 is 1.29 bits per heavy atom. The predicted octanol–water partition coefficient (Wildman–Crippen LogP) is 2.53. The molecule has 0 fully saturated rings. The third-order valence-corrected chi connectivity index (χ3v) is 4.93. The Morgan fingerprint density at radius 2 is 2.05 bits per heavy atom. The molecule has 0 bridgehead atoms. The molecule has 0 aliphatic heterocycles. The summed E-state index contributed by atoms with van der Waals surface area (Å²) in [6, 6.07) is 0. The van der Waals surface area contributed by atoms with E-state index in [1.165, 1.54) is 17.5 Å². The molecule has 1 rings (SSSR count). The van der Waals surface area contributed by atoms with Gasteiger partial charge in [-0.1, -0.05) is 0 Å². The average molecular weight is 335 g/mol. The van der Waals surface area contributed by atoms with Crippen molar-refractivity contribution in [3.8, 4) is 0 Å². The van der Waals surface area contributed by atoms with Crippen molar-refractivity contribution in [2.45, 2.75) is 20.3 Å². The molecule has 0 aliphatic rings. The van der Waals surface area contributed by atoms with Crippen LogP contribution in [0.2, 0.25) is 0 Å². The average Bonchev–Trinajstić information content (AvgIpc) is 2.92. The van der Waals surface area contributed by atoms with Crippen molar-refractivity contribution in [2.75, 3.05) is 26.0 Å². The first kappa shape index (κ1) is 18.0. The van der Waals surface area contributed by atoms with Gasteiger partial charge in [0.25, 0.3) is 0 Å². The molecular formula is C12H18NO6PS. The molecule has 1 unspecified atom stereocenters. The Hall–Kier alpha value is -1.08. The van der Waals surface area contributed by atoms with Gasteiger partial charge in [0.05, 0.1) is 19.8 Å². The van der Waals surface area contributed by atoms with E-state index >= 15 is 0 Å². The largest absolute Gasteiger partial charge is 0.466 e. The van der Waals surface area contributed by atoms with E-state index in [2.05, 4.69) is 4.98 Å². The molecule has 0 aromatic carbocycles. The highest BCUT2D eigenvalue weighted by Crippen LogP contribution is 2.48. The first-order valence-corrected chi connectivity index (χ1v) is 9.08. The maximum atomic E-state index is 12.3. The first-order chi connectivity index (χ1) is 10.0. The van der Waals surface area contributed by atoms with Crippen molar-refractivity contribution < 1.29 is 27.9 Å². The number of rotatable bonds is 10. The van der Waals surface area contributed by atoms with Crippen LogP contribution in [0, 0.1) is 0 Å². The fourth-order valence-corrected chi connectivity index (χ4v) is 3.47. The Balaban J connectivity index is 2.48. The van der Waals surface area contributed by atoms with Gasteiger partial charge in [0.15, 0.2) is 10.8 Å². The first-order valence-electron chi connectivity index (χ1n) is 6.47. The van der Waals surface area contributed by atoms with Crippen LogP contribution in [0.5, 0.6) is 0 Å². The van der Waals surface area contributed by atoms with E-state index < -0.39 is 19.7 Å². The molecule has 0 aliphatic carbocycles. The van der Waals surface area contributed by atoms with Crippen molar-refractivity contribution in [3.05, 3.63) is 16.6 Å². The van der Waals surface area contributed by atoms with E-state index in [-0.39, 0.29) is 32.0 Å². The molecule has 0 radical (unpaired) electrons. The summed E-state index contributed by atoms with van der Waals surface area (Å²) in [4.78, 5) is 27.0. The molecule has 118 valence electrons. The number of thiazole rings is 1. The number of carbonyl (C=O) groups is 2. The number of esters is 1. The molecule has 0 spiro atoms. The second kappa shape index (κ2) is 9.04. The standard InChI is InChI=1S/C12H18NO6PS/c1-3-17-11(15)9-20(16,18-4-2)19-7-5-10(14)12-13-6-8-21-12/h6,8H,3-5,7,9H2,1-2H3. The lowest BCUT2D eigenvalue weighted by Gasteiger charge is -2.16. The molecule has 0 N–H and O–H groups in total. The topological polar surface area (TPSA) is 91.8 Å². The fourth-order valence-electron chi connectivity index (χ4n) is 1.44. The van der Waals surface area contributed by atoms with Crippen molar-refractivity contribution in [2.24, 2.45) is 0 Å². The summed E-state index contributed by atoms with van der Waals surface area (Å²) < 4.78 is 27.2. The van der Waals surface area contributed by atoms with E-state index in [0.717, 1.165) is 0 Å². The smallest absolute Gasteiger partial charge is 0.341 e. The summed E-state index contributed by atoms with van der Waals surface area (Å²) in [5.41, 5.74) is 0. The lowest BCUT2D eigenvalue weighted by atomic mass is 10.3. The number of hydrogen-bond donors (Lipinski definition) is 0.